The predicted molar refractivity (Wildman–Crippen MR) is 107 cm³/mol. The summed E-state index contributed by atoms with van der Waals surface area (Å²) >= 11 is 0. The number of carbonyl (C=O) groups excluding carboxylic acids is 1. The van der Waals surface area contributed by atoms with Crippen LogP contribution >= 0.6 is 0 Å². The Morgan fingerprint density at radius 2 is 1.37 bits per heavy atom. The normalized spacial score (nSPS) is 15.7. The summed E-state index contributed by atoms with van der Waals surface area (Å²) < 4.78 is 26.7. The molecule has 2 aromatic rings. The third-order valence-corrected chi connectivity index (χ3v) is 6.44. The van der Waals surface area contributed by atoms with E-state index in [0.29, 0.717) is 23.5 Å². The largest absolute Gasteiger partial charge is 0.347 e. The lowest BCUT2D eigenvalue weighted by atomic mass is 10.0. The van der Waals surface area contributed by atoms with Crippen molar-refractivity contribution in [3.05, 3.63) is 54.1 Å². The van der Waals surface area contributed by atoms with E-state index in [0.717, 1.165) is 24.0 Å². The number of hydrogen-bond acceptors (Lipinski definition) is 3. The van der Waals surface area contributed by atoms with E-state index in [1.54, 1.807) is 28.6 Å². The summed E-state index contributed by atoms with van der Waals surface area (Å²) in [5.74, 6) is -0.110. The number of hydrogen-bond donors (Lipinski definition) is 1. The van der Waals surface area contributed by atoms with Gasteiger partial charge in [-0.2, -0.15) is 4.31 Å². The minimum atomic E-state index is -3.39. The first kappa shape index (κ1) is 19.6. The second-order valence-electron chi connectivity index (χ2n) is 7.92. The van der Waals surface area contributed by atoms with Crippen molar-refractivity contribution >= 4 is 15.9 Å². The minimum Gasteiger partial charge on any atom is -0.347 e. The maximum Gasteiger partial charge on any atom is 0.251 e. The third kappa shape index (κ3) is 4.57. The van der Waals surface area contributed by atoms with Gasteiger partial charge in [-0.25, -0.2) is 8.42 Å². The Labute approximate surface area is 161 Å². The molecule has 2 aromatic carbocycles. The average Bonchev–Trinajstić information content (AvgIpc) is 3.16. The number of amides is 1. The zero-order valence-electron chi connectivity index (χ0n) is 16.0. The average molecular weight is 387 g/mol. The molecule has 3 rings (SSSR count). The van der Waals surface area contributed by atoms with Gasteiger partial charge in [-0.15, -0.1) is 0 Å². The monoisotopic (exact) mass is 386 g/mol. The summed E-state index contributed by atoms with van der Waals surface area (Å²) in [5, 5.41) is 2.94. The highest BCUT2D eigenvalue weighted by molar-refractivity contribution is 7.89. The molecule has 1 aliphatic rings. The molecular formula is C21H26N2O3S. The summed E-state index contributed by atoms with van der Waals surface area (Å²) in [5.41, 5.74) is 2.17. The summed E-state index contributed by atoms with van der Waals surface area (Å²) in [4.78, 5) is 12.5. The van der Waals surface area contributed by atoms with Crippen molar-refractivity contribution in [2.24, 2.45) is 0 Å². The number of carbonyl (C=O) groups is 1. The van der Waals surface area contributed by atoms with Crippen LogP contribution in [0.15, 0.2) is 53.4 Å². The zero-order chi connectivity index (χ0) is 19.7. The van der Waals surface area contributed by atoms with E-state index in [-0.39, 0.29) is 11.4 Å². The molecule has 0 aliphatic carbocycles. The third-order valence-electron chi connectivity index (χ3n) is 4.53. The van der Waals surface area contributed by atoms with Crippen LogP contribution in [0.1, 0.15) is 44.0 Å². The molecule has 1 amide bonds. The van der Waals surface area contributed by atoms with Gasteiger partial charge < -0.3 is 5.32 Å². The topological polar surface area (TPSA) is 66.5 Å². The molecule has 0 radical (unpaired) electrons. The van der Waals surface area contributed by atoms with E-state index in [1.165, 1.54) is 0 Å². The Morgan fingerprint density at radius 1 is 0.889 bits per heavy atom. The van der Waals surface area contributed by atoms with Crippen molar-refractivity contribution in [2.75, 3.05) is 13.1 Å². The summed E-state index contributed by atoms with van der Waals surface area (Å²) in [6.45, 7) is 7.02. The van der Waals surface area contributed by atoms with Crippen molar-refractivity contribution in [1.29, 1.82) is 0 Å². The molecule has 1 saturated heterocycles. The van der Waals surface area contributed by atoms with Crippen molar-refractivity contribution in [3.8, 4) is 11.1 Å². The predicted octanol–water partition coefficient (Wildman–Crippen LogP) is 3.67. The molecule has 0 saturated carbocycles. The van der Waals surface area contributed by atoms with E-state index >= 15 is 0 Å². The van der Waals surface area contributed by atoms with Crippen molar-refractivity contribution in [1.82, 2.24) is 9.62 Å². The Balaban J connectivity index is 1.76. The molecule has 0 spiro atoms. The Morgan fingerprint density at radius 3 is 1.85 bits per heavy atom. The van der Waals surface area contributed by atoms with Gasteiger partial charge in [0.05, 0.1) is 4.90 Å². The van der Waals surface area contributed by atoms with E-state index in [4.69, 9.17) is 0 Å². The first-order chi connectivity index (χ1) is 12.7. The number of benzene rings is 2. The maximum absolute atomic E-state index is 12.6. The van der Waals surface area contributed by atoms with Gasteiger partial charge in [0.25, 0.3) is 5.91 Å². The van der Waals surface area contributed by atoms with Gasteiger partial charge in [0.2, 0.25) is 10.0 Å². The summed E-state index contributed by atoms with van der Waals surface area (Å²) in [6.07, 6.45) is 1.85. The molecule has 1 N–H and O–H groups in total. The van der Waals surface area contributed by atoms with Crippen LogP contribution in [0, 0.1) is 0 Å². The first-order valence-electron chi connectivity index (χ1n) is 9.20. The van der Waals surface area contributed by atoms with Gasteiger partial charge in [-0.05, 0) is 69.0 Å². The highest BCUT2D eigenvalue weighted by Gasteiger charge is 2.26. The fourth-order valence-electron chi connectivity index (χ4n) is 3.12. The highest BCUT2D eigenvalue weighted by Crippen LogP contribution is 2.25. The van der Waals surface area contributed by atoms with Crippen LogP contribution in [-0.4, -0.2) is 37.3 Å². The zero-order valence-corrected chi connectivity index (χ0v) is 16.8. The fourth-order valence-corrected chi connectivity index (χ4v) is 4.64. The van der Waals surface area contributed by atoms with Gasteiger partial charge >= 0.3 is 0 Å². The molecule has 1 fully saturated rings. The second-order valence-corrected chi connectivity index (χ2v) is 9.85. The molecule has 1 heterocycles. The molecule has 1 aliphatic heterocycles. The fraction of sp³-hybridized carbons (Fsp3) is 0.381. The van der Waals surface area contributed by atoms with Gasteiger partial charge in [0, 0.05) is 24.2 Å². The van der Waals surface area contributed by atoms with Crippen molar-refractivity contribution < 1.29 is 13.2 Å². The lowest BCUT2D eigenvalue weighted by Crippen LogP contribution is -2.40. The Hall–Kier alpha value is -2.18. The van der Waals surface area contributed by atoms with Gasteiger partial charge in [0.15, 0.2) is 0 Å². The standard InChI is InChI=1S/C21H26N2O3S/c1-21(2,3)22-20(24)18-8-6-16(7-9-18)17-10-12-19(13-11-17)27(25,26)23-14-4-5-15-23/h6-13H,4-5,14-15H2,1-3H3,(H,22,24). The molecule has 0 atom stereocenters. The molecule has 5 nitrogen and oxygen atoms in total. The second kappa shape index (κ2) is 7.44. The van der Waals surface area contributed by atoms with Crippen molar-refractivity contribution in [3.63, 3.8) is 0 Å². The van der Waals surface area contributed by atoms with Gasteiger partial charge in [-0.3, -0.25) is 4.79 Å². The van der Waals surface area contributed by atoms with Crippen molar-refractivity contribution in [2.45, 2.75) is 44.0 Å². The Kier molecular flexibility index (Phi) is 5.40. The SMILES string of the molecule is CC(C)(C)NC(=O)c1ccc(-c2ccc(S(=O)(=O)N3CCCC3)cc2)cc1. The summed E-state index contributed by atoms with van der Waals surface area (Å²) in [7, 11) is -3.39. The number of rotatable bonds is 4. The van der Waals surface area contributed by atoms with Crippen LogP contribution < -0.4 is 5.32 Å². The van der Waals surface area contributed by atoms with Crippen LogP contribution in [0.5, 0.6) is 0 Å². The number of sulfonamides is 1. The highest BCUT2D eigenvalue weighted by atomic mass is 32.2. The lowest BCUT2D eigenvalue weighted by molar-refractivity contribution is 0.0919. The smallest absolute Gasteiger partial charge is 0.251 e. The van der Waals surface area contributed by atoms with Crippen LogP contribution in [0.2, 0.25) is 0 Å². The van der Waals surface area contributed by atoms with Crippen LogP contribution in [0.3, 0.4) is 0 Å². The van der Waals surface area contributed by atoms with Crippen LogP contribution in [0.25, 0.3) is 11.1 Å². The quantitative estimate of drug-likeness (QED) is 0.872. The van der Waals surface area contributed by atoms with E-state index < -0.39 is 10.0 Å². The number of nitrogens with one attached hydrogen (secondary N) is 1. The van der Waals surface area contributed by atoms with E-state index in [1.807, 2.05) is 45.0 Å². The molecular weight excluding hydrogens is 360 g/mol. The van der Waals surface area contributed by atoms with Crippen LogP contribution in [0.4, 0.5) is 0 Å². The molecule has 27 heavy (non-hydrogen) atoms. The molecule has 0 bridgehead atoms. The summed E-state index contributed by atoms with van der Waals surface area (Å²) in [6, 6.07) is 14.3. The van der Waals surface area contributed by atoms with Crippen LogP contribution in [-0.2, 0) is 10.0 Å². The maximum atomic E-state index is 12.6. The van der Waals surface area contributed by atoms with Gasteiger partial charge in [0.1, 0.15) is 0 Å². The molecule has 144 valence electrons. The Bertz CT molecular complexity index is 905. The van der Waals surface area contributed by atoms with E-state index in [9.17, 15) is 13.2 Å². The first-order valence-corrected chi connectivity index (χ1v) is 10.6. The van der Waals surface area contributed by atoms with Gasteiger partial charge in [-0.1, -0.05) is 24.3 Å². The molecule has 6 heteroatoms. The minimum absolute atomic E-state index is 0.110. The molecule has 0 aromatic heterocycles. The van der Waals surface area contributed by atoms with E-state index in [2.05, 4.69) is 5.32 Å². The number of nitrogens with zero attached hydrogens (tertiary/aromatic N) is 1. The lowest BCUT2D eigenvalue weighted by Gasteiger charge is -2.20. The molecule has 0 unspecified atom stereocenters.